The van der Waals surface area contributed by atoms with Crippen LogP contribution in [0, 0.1) is 5.92 Å². The maximum atomic E-state index is 9.40. The van der Waals surface area contributed by atoms with Gasteiger partial charge in [-0.15, -0.1) is 0 Å². The van der Waals surface area contributed by atoms with Gasteiger partial charge >= 0.3 is 6.15 Å². The molecule has 0 aliphatic carbocycles. The molecular formula is C9H18O5. The highest BCUT2D eigenvalue weighted by atomic mass is 16.7. The molecule has 0 aliphatic rings. The van der Waals surface area contributed by atoms with Gasteiger partial charge in [0.2, 0.25) is 0 Å². The molecule has 0 radical (unpaired) electrons. The maximum Gasteiger partial charge on any atom is 0.373 e. The van der Waals surface area contributed by atoms with Crippen molar-refractivity contribution < 1.29 is 24.2 Å². The van der Waals surface area contributed by atoms with E-state index in [4.69, 9.17) is 19.1 Å². The monoisotopic (exact) mass is 206 g/mol. The fraction of sp³-hybridized carbons (Fsp3) is 0.889. The lowest BCUT2D eigenvalue weighted by atomic mass is 10.0. The molecule has 0 aliphatic heterocycles. The van der Waals surface area contributed by atoms with Crippen molar-refractivity contribution in [2.75, 3.05) is 14.2 Å². The first-order valence-corrected chi connectivity index (χ1v) is 4.31. The normalized spacial score (nSPS) is 13.9. The molecule has 0 amide bonds. The molecule has 84 valence electrons. The Morgan fingerprint density at radius 3 is 1.86 bits per heavy atom. The van der Waals surface area contributed by atoms with Crippen LogP contribution in [-0.2, 0) is 19.1 Å². The highest BCUT2D eigenvalue weighted by molar-refractivity contribution is 5.20. The zero-order chi connectivity index (χ0) is 11.6. The van der Waals surface area contributed by atoms with Crippen LogP contribution in [0.5, 0.6) is 0 Å². The lowest BCUT2D eigenvalue weighted by Crippen LogP contribution is -2.31. The minimum absolute atomic E-state index is 0.0231. The van der Waals surface area contributed by atoms with Crippen LogP contribution < -0.4 is 0 Å². The standard InChI is InChI=1S/C8H18O3.CO2/c1-5-7(9)6(2)8(10-3)11-4;2-1-3/h6-9H,5H2,1-4H3;/t6-,7-;/m0./s1. The van der Waals surface area contributed by atoms with Gasteiger partial charge in [0.05, 0.1) is 6.10 Å². The van der Waals surface area contributed by atoms with Crippen molar-refractivity contribution >= 4 is 6.15 Å². The Hall–Kier alpha value is -0.740. The Labute approximate surface area is 84.0 Å². The van der Waals surface area contributed by atoms with Crippen LogP contribution in [0.3, 0.4) is 0 Å². The Morgan fingerprint density at radius 1 is 1.29 bits per heavy atom. The zero-order valence-electron chi connectivity index (χ0n) is 9.02. The SMILES string of the molecule is CC[C@H](O)[C@H](C)C(OC)OC.O=C=O. The van der Waals surface area contributed by atoms with Gasteiger partial charge in [-0.05, 0) is 6.42 Å². The largest absolute Gasteiger partial charge is 0.393 e. The van der Waals surface area contributed by atoms with Crippen LogP contribution in [0.15, 0.2) is 0 Å². The molecule has 0 bridgehead atoms. The first-order valence-electron chi connectivity index (χ1n) is 4.31. The summed E-state index contributed by atoms with van der Waals surface area (Å²) < 4.78 is 10.0. The Morgan fingerprint density at radius 2 is 1.64 bits per heavy atom. The summed E-state index contributed by atoms with van der Waals surface area (Å²) in [6, 6.07) is 0. The molecule has 0 fully saturated rings. The molecule has 0 heterocycles. The minimum atomic E-state index is -0.347. The molecule has 0 saturated carbocycles. The number of hydrogen-bond acceptors (Lipinski definition) is 5. The predicted octanol–water partition coefficient (Wildman–Crippen LogP) is 0.429. The summed E-state index contributed by atoms with van der Waals surface area (Å²) in [5, 5.41) is 9.40. The molecular weight excluding hydrogens is 188 g/mol. The van der Waals surface area contributed by atoms with E-state index in [1.807, 2.05) is 13.8 Å². The van der Waals surface area contributed by atoms with Gasteiger partial charge in [0.15, 0.2) is 6.29 Å². The molecule has 2 atom stereocenters. The third-order valence-corrected chi connectivity index (χ3v) is 1.92. The Kier molecular flexibility index (Phi) is 11.6. The molecule has 0 aromatic rings. The van der Waals surface area contributed by atoms with Crippen LogP contribution in [0.2, 0.25) is 0 Å². The van der Waals surface area contributed by atoms with E-state index >= 15 is 0 Å². The van der Waals surface area contributed by atoms with E-state index in [9.17, 15) is 5.11 Å². The first kappa shape index (κ1) is 15.7. The summed E-state index contributed by atoms with van der Waals surface area (Å²) in [5.41, 5.74) is 0. The van der Waals surface area contributed by atoms with E-state index in [0.717, 1.165) is 6.42 Å². The second kappa shape index (κ2) is 10.3. The lowest BCUT2D eigenvalue weighted by molar-refractivity contribution is -0.191. The van der Waals surface area contributed by atoms with E-state index in [0.29, 0.717) is 0 Å². The van der Waals surface area contributed by atoms with E-state index in [-0.39, 0.29) is 24.5 Å². The number of rotatable bonds is 5. The first-order chi connectivity index (χ1) is 6.58. The highest BCUT2D eigenvalue weighted by Crippen LogP contribution is 2.14. The van der Waals surface area contributed by atoms with Crippen LogP contribution in [0.4, 0.5) is 0 Å². The number of aliphatic hydroxyl groups is 1. The zero-order valence-corrected chi connectivity index (χ0v) is 9.02. The smallest absolute Gasteiger partial charge is 0.373 e. The van der Waals surface area contributed by atoms with Crippen molar-refractivity contribution in [2.24, 2.45) is 5.92 Å². The number of methoxy groups -OCH3 is 2. The van der Waals surface area contributed by atoms with Gasteiger partial charge in [-0.3, -0.25) is 0 Å². The number of ether oxygens (including phenoxy) is 2. The van der Waals surface area contributed by atoms with Crippen molar-refractivity contribution in [3.05, 3.63) is 0 Å². The molecule has 5 heteroatoms. The van der Waals surface area contributed by atoms with E-state index in [2.05, 4.69) is 0 Å². The summed E-state index contributed by atoms with van der Waals surface area (Å²) in [6.07, 6.45) is 0.328. The van der Waals surface area contributed by atoms with Crippen molar-refractivity contribution in [1.82, 2.24) is 0 Å². The second-order valence-corrected chi connectivity index (χ2v) is 2.76. The maximum absolute atomic E-state index is 9.40. The quantitative estimate of drug-likeness (QED) is 0.660. The van der Waals surface area contributed by atoms with Crippen LogP contribution in [0.25, 0.3) is 0 Å². The number of aliphatic hydroxyl groups excluding tert-OH is 1. The molecule has 0 aromatic carbocycles. The molecule has 14 heavy (non-hydrogen) atoms. The summed E-state index contributed by atoms with van der Waals surface area (Å²) in [4.78, 5) is 16.2. The summed E-state index contributed by atoms with van der Waals surface area (Å²) >= 11 is 0. The van der Waals surface area contributed by atoms with Gasteiger partial charge in [0, 0.05) is 20.1 Å². The van der Waals surface area contributed by atoms with Gasteiger partial charge in [0.1, 0.15) is 0 Å². The molecule has 1 N–H and O–H groups in total. The van der Waals surface area contributed by atoms with Gasteiger partial charge in [0.25, 0.3) is 0 Å². The third-order valence-electron chi connectivity index (χ3n) is 1.92. The van der Waals surface area contributed by atoms with Crippen molar-refractivity contribution in [2.45, 2.75) is 32.7 Å². The van der Waals surface area contributed by atoms with Crippen LogP contribution in [-0.4, -0.2) is 37.9 Å². The van der Waals surface area contributed by atoms with Crippen LogP contribution >= 0.6 is 0 Å². The average Bonchev–Trinajstić information content (AvgIpc) is 2.19. The van der Waals surface area contributed by atoms with Gasteiger partial charge < -0.3 is 14.6 Å². The molecule has 0 unspecified atom stereocenters. The Bertz CT molecular complexity index is 149. The van der Waals surface area contributed by atoms with E-state index in [1.165, 1.54) is 0 Å². The van der Waals surface area contributed by atoms with Crippen molar-refractivity contribution in [1.29, 1.82) is 0 Å². The molecule has 0 rings (SSSR count). The summed E-state index contributed by atoms with van der Waals surface area (Å²) in [5.74, 6) is 0.0231. The fourth-order valence-corrected chi connectivity index (χ4v) is 1.08. The number of hydrogen-bond donors (Lipinski definition) is 1. The Balaban J connectivity index is 0. The van der Waals surface area contributed by atoms with Crippen molar-refractivity contribution in [3.8, 4) is 0 Å². The molecule has 0 aromatic heterocycles. The minimum Gasteiger partial charge on any atom is -0.393 e. The number of carbonyl (C=O) groups excluding carboxylic acids is 2. The third kappa shape index (κ3) is 6.74. The van der Waals surface area contributed by atoms with E-state index in [1.54, 1.807) is 14.2 Å². The summed E-state index contributed by atoms with van der Waals surface area (Å²) in [7, 11) is 3.15. The lowest BCUT2D eigenvalue weighted by Gasteiger charge is -2.24. The molecule has 5 nitrogen and oxygen atoms in total. The predicted molar refractivity (Wildman–Crippen MR) is 48.3 cm³/mol. The van der Waals surface area contributed by atoms with Crippen LogP contribution in [0.1, 0.15) is 20.3 Å². The van der Waals surface area contributed by atoms with E-state index < -0.39 is 0 Å². The average molecular weight is 206 g/mol. The van der Waals surface area contributed by atoms with Gasteiger partial charge in [-0.1, -0.05) is 13.8 Å². The molecule has 0 spiro atoms. The topological polar surface area (TPSA) is 72.8 Å². The fourth-order valence-electron chi connectivity index (χ4n) is 1.08. The van der Waals surface area contributed by atoms with Crippen molar-refractivity contribution in [3.63, 3.8) is 0 Å². The van der Waals surface area contributed by atoms with Gasteiger partial charge in [-0.25, -0.2) is 0 Å². The summed E-state index contributed by atoms with van der Waals surface area (Å²) in [6.45, 7) is 3.84. The second-order valence-electron chi connectivity index (χ2n) is 2.76. The molecule has 0 saturated heterocycles. The van der Waals surface area contributed by atoms with Gasteiger partial charge in [-0.2, -0.15) is 9.59 Å². The highest BCUT2D eigenvalue weighted by Gasteiger charge is 2.22.